The van der Waals surface area contributed by atoms with E-state index in [0.29, 0.717) is 49.4 Å². The molecule has 1 heterocycles. The minimum Gasteiger partial charge on any atom is -0.481 e. The average Bonchev–Trinajstić information content (AvgIpc) is 2.82. The van der Waals surface area contributed by atoms with E-state index >= 15 is 0 Å². The Kier molecular flexibility index (Phi) is 8.07. The summed E-state index contributed by atoms with van der Waals surface area (Å²) in [7, 11) is 0. The van der Waals surface area contributed by atoms with Crippen LogP contribution in [0.5, 0.6) is 5.75 Å². The van der Waals surface area contributed by atoms with E-state index in [4.69, 9.17) is 16.3 Å². The van der Waals surface area contributed by atoms with Crippen LogP contribution in [0.25, 0.3) is 0 Å². The van der Waals surface area contributed by atoms with Gasteiger partial charge >= 0.3 is 0 Å². The van der Waals surface area contributed by atoms with Gasteiger partial charge in [-0.3, -0.25) is 14.4 Å². The lowest BCUT2D eigenvalue weighted by Gasteiger charge is -2.44. The second-order valence-electron chi connectivity index (χ2n) is 12.8. The highest BCUT2D eigenvalue weighted by Gasteiger charge is 2.46. The molecule has 0 bridgehead atoms. The van der Waals surface area contributed by atoms with Crippen molar-refractivity contribution in [3.05, 3.63) is 78.0 Å². The third-order valence-corrected chi connectivity index (χ3v) is 9.46. The van der Waals surface area contributed by atoms with Gasteiger partial charge in [0.2, 0.25) is 0 Å². The minimum atomic E-state index is -0.468. The number of dihydropyridines is 1. The van der Waals surface area contributed by atoms with Gasteiger partial charge in [0, 0.05) is 52.0 Å². The molecule has 0 radical (unpaired) electrons. The molecule has 5 rings (SSSR count). The Bertz CT molecular complexity index is 1480. The predicted octanol–water partition coefficient (Wildman–Crippen LogP) is 8.16. The van der Waals surface area contributed by atoms with Gasteiger partial charge in [0.05, 0.1) is 8.95 Å². The largest absolute Gasteiger partial charge is 0.481 e. The molecule has 0 aromatic heterocycles. The first-order valence-corrected chi connectivity index (χ1v) is 15.6. The van der Waals surface area contributed by atoms with E-state index in [1.54, 1.807) is 12.1 Å². The monoisotopic (exact) mass is 702 g/mol. The molecule has 2 N–H and O–H groups in total. The summed E-state index contributed by atoms with van der Waals surface area (Å²) in [5, 5.41) is 6.91. The first-order valence-electron chi connectivity index (χ1n) is 13.6. The Morgan fingerprint density at radius 2 is 1.49 bits per heavy atom. The maximum atomic E-state index is 13.6. The number of ether oxygens (including phenoxy) is 1. The lowest BCUT2D eigenvalue weighted by atomic mass is 9.64. The first-order chi connectivity index (χ1) is 19.1. The van der Waals surface area contributed by atoms with Crippen LogP contribution >= 0.6 is 43.5 Å². The van der Waals surface area contributed by atoms with E-state index in [1.165, 1.54) is 0 Å². The van der Waals surface area contributed by atoms with E-state index in [9.17, 15) is 14.4 Å². The summed E-state index contributed by atoms with van der Waals surface area (Å²) < 4.78 is 7.13. The molecule has 0 unspecified atom stereocenters. The van der Waals surface area contributed by atoms with Crippen molar-refractivity contribution in [3.8, 4) is 5.75 Å². The highest BCUT2D eigenvalue weighted by molar-refractivity contribution is 9.11. The van der Waals surface area contributed by atoms with E-state index in [2.05, 4.69) is 70.2 Å². The summed E-state index contributed by atoms with van der Waals surface area (Å²) in [6.07, 6.45) is 2.33. The molecule has 9 heteroatoms. The zero-order valence-electron chi connectivity index (χ0n) is 23.8. The van der Waals surface area contributed by atoms with Gasteiger partial charge in [0.1, 0.15) is 5.75 Å². The number of nitrogens with one attached hydrogen (secondary N) is 2. The van der Waals surface area contributed by atoms with Crippen molar-refractivity contribution in [1.29, 1.82) is 0 Å². The van der Waals surface area contributed by atoms with Gasteiger partial charge in [-0.15, -0.1) is 0 Å². The topological polar surface area (TPSA) is 84.5 Å². The van der Waals surface area contributed by atoms with Crippen LogP contribution < -0.4 is 15.4 Å². The Morgan fingerprint density at radius 1 is 0.951 bits per heavy atom. The summed E-state index contributed by atoms with van der Waals surface area (Å²) in [6, 6.07) is 9.10. The summed E-state index contributed by atoms with van der Waals surface area (Å²) >= 11 is 13.4. The normalized spacial score (nSPS) is 19.9. The Hall–Kier alpha value is -2.42. The number of carbonyl (C=O) groups is 3. The van der Waals surface area contributed by atoms with Crippen molar-refractivity contribution in [3.63, 3.8) is 0 Å². The first kappa shape index (κ1) is 30.1. The molecule has 1 amide bonds. The van der Waals surface area contributed by atoms with E-state index in [1.807, 2.05) is 25.1 Å². The molecule has 6 nitrogen and oxygen atoms in total. The molecule has 2 aliphatic carbocycles. The number of halogens is 3. The van der Waals surface area contributed by atoms with Crippen LogP contribution in [0.1, 0.15) is 70.4 Å². The predicted molar refractivity (Wildman–Crippen MR) is 168 cm³/mol. The summed E-state index contributed by atoms with van der Waals surface area (Å²) in [4.78, 5) is 39.8. The number of aryl methyl sites for hydroxylation is 1. The number of carbonyl (C=O) groups excluding carboxylic acids is 3. The van der Waals surface area contributed by atoms with Gasteiger partial charge in [0.25, 0.3) is 5.91 Å². The fourth-order valence-corrected chi connectivity index (χ4v) is 7.74. The van der Waals surface area contributed by atoms with Gasteiger partial charge in [0.15, 0.2) is 18.2 Å². The highest BCUT2D eigenvalue weighted by atomic mass is 79.9. The number of Topliss-reactive ketones (excluding diaryl/α,β-unsaturated/α-hetero) is 2. The summed E-state index contributed by atoms with van der Waals surface area (Å²) in [6.45, 7) is 10.1. The zero-order valence-corrected chi connectivity index (χ0v) is 27.7. The van der Waals surface area contributed by atoms with Crippen LogP contribution in [0.3, 0.4) is 0 Å². The quantitative estimate of drug-likeness (QED) is 0.328. The summed E-state index contributed by atoms with van der Waals surface area (Å²) in [5.41, 5.74) is 5.19. The molecule has 41 heavy (non-hydrogen) atoms. The van der Waals surface area contributed by atoms with Gasteiger partial charge in [-0.2, -0.15) is 0 Å². The van der Waals surface area contributed by atoms with E-state index in [-0.39, 0.29) is 34.9 Å². The molecule has 2 aromatic carbocycles. The van der Waals surface area contributed by atoms with Crippen LogP contribution in [0.4, 0.5) is 5.69 Å². The maximum Gasteiger partial charge on any atom is 0.262 e. The number of rotatable bonds is 5. The molecule has 216 valence electrons. The van der Waals surface area contributed by atoms with Gasteiger partial charge in [-0.05, 0) is 97.8 Å². The molecular formula is C32H33Br2ClN2O4. The van der Waals surface area contributed by atoms with E-state index < -0.39 is 5.92 Å². The highest BCUT2D eigenvalue weighted by Crippen LogP contribution is 2.52. The maximum absolute atomic E-state index is 13.6. The lowest BCUT2D eigenvalue weighted by molar-refractivity contribution is -0.119. The Morgan fingerprint density at radius 3 is 2.00 bits per heavy atom. The SMILES string of the molecule is Cc1ccc(NC(=O)COc2c(Br)cc(C3C4=C(CC(C)(C)CC4=O)NC4=C3C(=O)CC(C)(C)C4)cc2Br)cc1Cl. The molecule has 1 aliphatic heterocycles. The minimum absolute atomic E-state index is 0.0679. The lowest BCUT2D eigenvalue weighted by Crippen LogP contribution is -2.42. The number of hydrogen-bond acceptors (Lipinski definition) is 5. The number of amides is 1. The fraction of sp³-hybridized carbons (Fsp3) is 0.406. The smallest absolute Gasteiger partial charge is 0.262 e. The van der Waals surface area contributed by atoms with Gasteiger partial charge in [-0.1, -0.05) is 45.4 Å². The van der Waals surface area contributed by atoms with E-state index in [0.717, 1.165) is 35.4 Å². The molecular weight excluding hydrogens is 672 g/mol. The van der Waals surface area contributed by atoms with Crippen LogP contribution in [0.15, 0.2) is 61.8 Å². The molecule has 3 aliphatic rings. The van der Waals surface area contributed by atoms with Crippen LogP contribution in [-0.4, -0.2) is 24.1 Å². The van der Waals surface area contributed by atoms with Crippen LogP contribution in [-0.2, 0) is 14.4 Å². The average molecular weight is 705 g/mol. The second-order valence-corrected chi connectivity index (χ2v) is 15.0. The number of hydrogen-bond donors (Lipinski definition) is 2. The molecule has 0 saturated heterocycles. The van der Waals surface area contributed by atoms with Crippen molar-refractivity contribution in [2.75, 3.05) is 11.9 Å². The molecule has 2 aromatic rings. The third kappa shape index (κ3) is 6.20. The molecule has 0 atom stereocenters. The van der Waals surface area contributed by atoms with Crippen molar-refractivity contribution in [1.82, 2.24) is 5.32 Å². The van der Waals surface area contributed by atoms with Gasteiger partial charge in [-0.25, -0.2) is 0 Å². The summed E-state index contributed by atoms with van der Waals surface area (Å²) in [5.74, 6) is -0.210. The Balaban J connectivity index is 1.46. The number of allylic oxidation sites excluding steroid dienone is 4. The Labute approximate surface area is 262 Å². The number of benzene rings is 2. The molecule has 0 spiro atoms. The number of anilines is 1. The van der Waals surface area contributed by atoms with Crippen LogP contribution in [0, 0.1) is 17.8 Å². The van der Waals surface area contributed by atoms with Crippen molar-refractivity contribution in [2.24, 2.45) is 10.8 Å². The zero-order chi connectivity index (χ0) is 29.9. The molecule has 0 fully saturated rings. The number of ketones is 2. The molecule has 0 saturated carbocycles. The van der Waals surface area contributed by atoms with Crippen LogP contribution in [0.2, 0.25) is 5.02 Å². The van der Waals surface area contributed by atoms with Crippen molar-refractivity contribution < 1.29 is 19.1 Å². The van der Waals surface area contributed by atoms with Gasteiger partial charge < -0.3 is 15.4 Å². The fourth-order valence-electron chi connectivity index (χ4n) is 6.11. The van der Waals surface area contributed by atoms with Crippen molar-refractivity contribution in [2.45, 2.75) is 66.2 Å². The van der Waals surface area contributed by atoms with Crippen molar-refractivity contribution >= 4 is 66.6 Å². The standard InChI is InChI=1S/C32H33Br2ClN2O4/c1-16-6-7-18(10-21(16)35)36-26(40)15-41-30-19(33)8-17(9-20(30)34)27-28-22(11-31(2,3)13-24(28)38)37-23-12-32(4,5)14-25(39)29(23)27/h6-10,27,37H,11-15H2,1-5H3,(H,36,40). The second kappa shape index (κ2) is 11.0. The third-order valence-electron chi connectivity index (χ3n) is 7.88.